The zero-order valence-electron chi connectivity index (χ0n) is 12.6. The van der Waals surface area contributed by atoms with E-state index in [-0.39, 0.29) is 12.7 Å². The summed E-state index contributed by atoms with van der Waals surface area (Å²) in [5, 5.41) is 13.7. The van der Waals surface area contributed by atoms with Crippen molar-refractivity contribution in [1.82, 2.24) is 5.32 Å². The number of fused-ring (bicyclic) bond motifs is 1. The normalized spacial score (nSPS) is 13.6. The van der Waals surface area contributed by atoms with E-state index in [1.54, 1.807) is 30.3 Å². The first kappa shape index (κ1) is 16.9. The van der Waals surface area contributed by atoms with Crippen molar-refractivity contribution in [1.29, 1.82) is 0 Å². The van der Waals surface area contributed by atoms with Crippen LogP contribution in [0.15, 0.2) is 36.4 Å². The van der Waals surface area contributed by atoms with Crippen LogP contribution in [0.4, 0.5) is 0 Å². The van der Waals surface area contributed by atoms with Gasteiger partial charge in [0.2, 0.25) is 6.79 Å². The maximum atomic E-state index is 12.0. The number of amides is 1. The van der Waals surface area contributed by atoms with Crippen molar-refractivity contribution in [2.45, 2.75) is 12.5 Å². The molecule has 0 aromatic heterocycles. The van der Waals surface area contributed by atoms with Crippen LogP contribution in [0.3, 0.4) is 0 Å². The summed E-state index contributed by atoms with van der Waals surface area (Å²) in [6.07, 6.45) is -0.346. The molecule has 2 aromatic rings. The van der Waals surface area contributed by atoms with Gasteiger partial charge in [0.05, 0.1) is 16.1 Å². The predicted molar refractivity (Wildman–Crippen MR) is 90.9 cm³/mol. The molecule has 0 spiro atoms. The van der Waals surface area contributed by atoms with E-state index in [0.29, 0.717) is 45.6 Å². The van der Waals surface area contributed by atoms with Gasteiger partial charge in [-0.2, -0.15) is 0 Å². The zero-order valence-corrected chi connectivity index (χ0v) is 14.1. The number of nitrogens with one attached hydrogen (secondary N) is 1. The van der Waals surface area contributed by atoms with Gasteiger partial charge in [-0.25, -0.2) is 0 Å². The van der Waals surface area contributed by atoms with E-state index in [2.05, 4.69) is 5.32 Å². The summed E-state index contributed by atoms with van der Waals surface area (Å²) >= 11 is 11.7. The standard InChI is InChI=1S/C17H15Cl2NO4/c18-12-3-1-11(7-13(12)19)17(22)20-6-5-14(21)10-2-4-15-16(8-10)24-9-23-15/h1-4,7-8,14,21H,5-6,9H2,(H,20,22)/t14-/m0/s1. The molecule has 0 aliphatic carbocycles. The molecule has 0 saturated carbocycles. The summed E-state index contributed by atoms with van der Waals surface area (Å²) in [6.45, 7) is 0.503. The molecule has 1 atom stereocenters. The molecule has 1 heterocycles. The second kappa shape index (κ2) is 7.30. The predicted octanol–water partition coefficient (Wildman–Crippen LogP) is 3.58. The quantitative estimate of drug-likeness (QED) is 0.847. The number of hydrogen-bond acceptors (Lipinski definition) is 4. The average molecular weight is 368 g/mol. The molecular weight excluding hydrogens is 353 g/mol. The van der Waals surface area contributed by atoms with Crippen molar-refractivity contribution in [2.24, 2.45) is 0 Å². The van der Waals surface area contributed by atoms with Crippen LogP contribution in [0.2, 0.25) is 10.0 Å². The van der Waals surface area contributed by atoms with E-state index in [0.717, 1.165) is 0 Å². The summed E-state index contributed by atoms with van der Waals surface area (Å²) in [7, 11) is 0. The van der Waals surface area contributed by atoms with Crippen molar-refractivity contribution in [3.63, 3.8) is 0 Å². The summed E-state index contributed by atoms with van der Waals surface area (Å²) in [4.78, 5) is 12.0. The van der Waals surface area contributed by atoms with E-state index < -0.39 is 6.10 Å². The Balaban J connectivity index is 1.54. The first-order chi connectivity index (χ1) is 11.5. The third kappa shape index (κ3) is 3.75. The Hall–Kier alpha value is -1.95. The molecule has 2 N–H and O–H groups in total. The van der Waals surface area contributed by atoms with Gasteiger partial charge in [0.15, 0.2) is 11.5 Å². The van der Waals surface area contributed by atoms with Crippen molar-refractivity contribution in [3.05, 3.63) is 57.6 Å². The first-order valence-electron chi connectivity index (χ1n) is 7.35. The summed E-state index contributed by atoms with van der Waals surface area (Å²) < 4.78 is 10.5. The highest BCUT2D eigenvalue weighted by Gasteiger charge is 2.17. The minimum absolute atomic E-state index is 0.189. The number of rotatable bonds is 5. The molecule has 0 radical (unpaired) electrons. The van der Waals surface area contributed by atoms with Gasteiger partial charge in [-0.1, -0.05) is 29.3 Å². The lowest BCUT2D eigenvalue weighted by atomic mass is 10.1. The molecule has 24 heavy (non-hydrogen) atoms. The molecule has 0 fully saturated rings. The molecule has 1 aliphatic rings. The third-order valence-corrected chi connectivity index (χ3v) is 4.41. The molecule has 1 aliphatic heterocycles. The monoisotopic (exact) mass is 367 g/mol. The number of aliphatic hydroxyl groups excluding tert-OH is 1. The molecule has 0 unspecified atom stereocenters. The van der Waals surface area contributed by atoms with E-state index in [9.17, 15) is 9.90 Å². The number of hydrogen-bond donors (Lipinski definition) is 2. The number of aliphatic hydroxyl groups is 1. The molecule has 0 saturated heterocycles. The highest BCUT2D eigenvalue weighted by atomic mass is 35.5. The Kier molecular flexibility index (Phi) is 5.14. The van der Waals surface area contributed by atoms with Gasteiger partial charge in [0.25, 0.3) is 5.91 Å². The van der Waals surface area contributed by atoms with E-state index in [1.165, 1.54) is 6.07 Å². The van der Waals surface area contributed by atoms with Gasteiger partial charge in [0.1, 0.15) is 0 Å². The van der Waals surface area contributed by atoms with Crippen molar-refractivity contribution < 1.29 is 19.4 Å². The first-order valence-corrected chi connectivity index (χ1v) is 8.11. The number of halogens is 2. The van der Waals surface area contributed by atoms with Crippen molar-refractivity contribution >= 4 is 29.1 Å². The van der Waals surface area contributed by atoms with Gasteiger partial charge in [-0.05, 0) is 42.3 Å². The Labute approximate surface area is 149 Å². The number of ether oxygens (including phenoxy) is 2. The van der Waals surface area contributed by atoms with E-state index in [1.807, 2.05) is 0 Å². The van der Waals surface area contributed by atoms with Crippen LogP contribution in [0.1, 0.15) is 28.4 Å². The fourth-order valence-corrected chi connectivity index (χ4v) is 2.65. The zero-order chi connectivity index (χ0) is 17.1. The van der Waals surface area contributed by atoms with E-state index >= 15 is 0 Å². The lowest BCUT2D eigenvalue weighted by Gasteiger charge is -2.12. The highest BCUT2D eigenvalue weighted by molar-refractivity contribution is 6.42. The Morgan fingerprint density at radius 2 is 1.92 bits per heavy atom. The second-order valence-corrected chi connectivity index (χ2v) is 6.12. The molecular formula is C17H15Cl2NO4. The lowest BCUT2D eigenvalue weighted by molar-refractivity contribution is 0.0942. The average Bonchev–Trinajstić information content (AvgIpc) is 3.04. The molecule has 0 bridgehead atoms. The largest absolute Gasteiger partial charge is 0.454 e. The lowest BCUT2D eigenvalue weighted by Crippen LogP contribution is -2.25. The Bertz CT molecular complexity index is 766. The van der Waals surface area contributed by atoms with Crippen molar-refractivity contribution in [2.75, 3.05) is 13.3 Å². The van der Waals surface area contributed by atoms with Gasteiger partial charge in [-0.3, -0.25) is 4.79 Å². The minimum Gasteiger partial charge on any atom is -0.454 e. The molecule has 3 rings (SSSR count). The van der Waals surface area contributed by atoms with Gasteiger partial charge in [-0.15, -0.1) is 0 Å². The van der Waals surface area contributed by atoms with Gasteiger partial charge >= 0.3 is 0 Å². The summed E-state index contributed by atoms with van der Waals surface area (Å²) in [5.41, 5.74) is 1.13. The van der Waals surface area contributed by atoms with Crippen LogP contribution >= 0.6 is 23.2 Å². The van der Waals surface area contributed by atoms with Crippen LogP contribution in [-0.2, 0) is 0 Å². The fraction of sp³-hybridized carbons (Fsp3) is 0.235. The Morgan fingerprint density at radius 3 is 2.71 bits per heavy atom. The van der Waals surface area contributed by atoms with Crippen LogP contribution in [0, 0.1) is 0 Å². The number of benzene rings is 2. The van der Waals surface area contributed by atoms with Crippen molar-refractivity contribution in [3.8, 4) is 11.5 Å². The molecule has 5 nitrogen and oxygen atoms in total. The van der Waals surface area contributed by atoms with Crippen LogP contribution in [-0.4, -0.2) is 24.4 Å². The van der Waals surface area contributed by atoms with Crippen LogP contribution in [0.5, 0.6) is 11.5 Å². The number of carbonyl (C=O) groups is 1. The maximum Gasteiger partial charge on any atom is 0.251 e. The third-order valence-electron chi connectivity index (χ3n) is 3.67. The van der Waals surface area contributed by atoms with Gasteiger partial charge < -0.3 is 19.9 Å². The second-order valence-electron chi connectivity index (χ2n) is 5.30. The SMILES string of the molecule is O=C(NCC[C@H](O)c1ccc2c(c1)OCO2)c1ccc(Cl)c(Cl)c1. The van der Waals surface area contributed by atoms with Crippen LogP contribution in [0.25, 0.3) is 0 Å². The maximum absolute atomic E-state index is 12.0. The number of carbonyl (C=O) groups excluding carboxylic acids is 1. The molecule has 2 aromatic carbocycles. The molecule has 126 valence electrons. The molecule has 1 amide bonds. The van der Waals surface area contributed by atoms with Crippen LogP contribution < -0.4 is 14.8 Å². The molecule has 7 heteroatoms. The van der Waals surface area contributed by atoms with E-state index in [4.69, 9.17) is 32.7 Å². The van der Waals surface area contributed by atoms with Gasteiger partial charge in [0, 0.05) is 12.1 Å². The highest BCUT2D eigenvalue weighted by Crippen LogP contribution is 2.34. The smallest absolute Gasteiger partial charge is 0.251 e. The summed E-state index contributed by atoms with van der Waals surface area (Å²) in [5.74, 6) is 1.01. The Morgan fingerprint density at radius 1 is 1.12 bits per heavy atom. The summed E-state index contributed by atoms with van der Waals surface area (Å²) in [6, 6.07) is 9.95. The topological polar surface area (TPSA) is 67.8 Å². The minimum atomic E-state index is -0.714. The fourth-order valence-electron chi connectivity index (χ4n) is 2.35.